The monoisotopic (exact) mass is 299 g/mol. The topological polar surface area (TPSA) is 61.9 Å². The van der Waals surface area contributed by atoms with E-state index in [0.29, 0.717) is 19.5 Å². The average Bonchev–Trinajstić information content (AvgIpc) is 2.80. The SMILES string of the molecule is CN(C)C(=O)CCNCC1CCCN1C(=O)OC(C)(C)C. The summed E-state index contributed by atoms with van der Waals surface area (Å²) in [5, 5.41) is 3.26. The standard InChI is InChI=1S/C15H29N3O3/c1-15(2,3)21-14(20)18-10-6-7-12(18)11-16-9-8-13(19)17(4)5/h12,16H,6-11H2,1-5H3. The van der Waals surface area contributed by atoms with Crippen molar-refractivity contribution in [2.24, 2.45) is 0 Å². The van der Waals surface area contributed by atoms with Gasteiger partial charge in [0.05, 0.1) is 0 Å². The second-order valence-corrected chi connectivity index (χ2v) is 6.71. The summed E-state index contributed by atoms with van der Waals surface area (Å²) in [6.45, 7) is 7.72. The summed E-state index contributed by atoms with van der Waals surface area (Å²) in [5.41, 5.74) is -0.463. The van der Waals surface area contributed by atoms with Gasteiger partial charge in [-0.05, 0) is 33.6 Å². The van der Waals surface area contributed by atoms with Crippen molar-refractivity contribution in [3.63, 3.8) is 0 Å². The Morgan fingerprint density at radius 2 is 2.00 bits per heavy atom. The lowest BCUT2D eigenvalue weighted by Gasteiger charge is -2.28. The molecule has 0 radical (unpaired) electrons. The van der Waals surface area contributed by atoms with Gasteiger partial charge in [0, 0.05) is 46.2 Å². The molecular weight excluding hydrogens is 270 g/mol. The number of hydrogen-bond acceptors (Lipinski definition) is 4. The van der Waals surface area contributed by atoms with Crippen molar-refractivity contribution >= 4 is 12.0 Å². The van der Waals surface area contributed by atoms with Gasteiger partial charge >= 0.3 is 6.09 Å². The first-order valence-electron chi connectivity index (χ1n) is 7.61. The van der Waals surface area contributed by atoms with Crippen LogP contribution in [0.4, 0.5) is 4.79 Å². The van der Waals surface area contributed by atoms with Gasteiger partial charge in [0.25, 0.3) is 0 Å². The zero-order valence-electron chi connectivity index (χ0n) is 13.9. The molecule has 1 fully saturated rings. The summed E-state index contributed by atoms with van der Waals surface area (Å²) in [5.74, 6) is 0.109. The second-order valence-electron chi connectivity index (χ2n) is 6.71. The van der Waals surface area contributed by atoms with Gasteiger partial charge in [-0.1, -0.05) is 0 Å². The molecule has 1 atom stereocenters. The molecule has 0 spiro atoms. The van der Waals surface area contributed by atoms with Gasteiger partial charge in [-0.3, -0.25) is 4.79 Å². The first-order valence-corrected chi connectivity index (χ1v) is 7.61. The van der Waals surface area contributed by atoms with Crippen molar-refractivity contribution in [1.82, 2.24) is 15.1 Å². The third-order valence-electron chi connectivity index (χ3n) is 3.40. The van der Waals surface area contributed by atoms with Crippen LogP contribution in [0.25, 0.3) is 0 Å². The fourth-order valence-corrected chi connectivity index (χ4v) is 2.30. The average molecular weight is 299 g/mol. The van der Waals surface area contributed by atoms with E-state index in [1.54, 1.807) is 23.9 Å². The molecule has 0 aliphatic carbocycles. The highest BCUT2D eigenvalue weighted by Gasteiger charge is 2.31. The maximum Gasteiger partial charge on any atom is 0.410 e. The Labute approximate surface area is 127 Å². The number of nitrogens with zero attached hydrogens (tertiary/aromatic N) is 2. The Morgan fingerprint density at radius 1 is 1.33 bits per heavy atom. The van der Waals surface area contributed by atoms with Crippen molar-refractivity contribution in [2.45, 2.75) is 51.7 Å². The Morgan fingerprint density at radius 3 is 2.57 bits per heavy atom. The van der Waals surface area contributed by atoms with Crippen molar-refractivity contribution < 1.29 is 14.3 Å². The van der Waals surface area contributed by atoms with Crippen LogP contribution in [0.15, 0.2) is 0 Å². The van der Waals surface area contributed by atoms with E-state index in [9.17, 15) is 9.59 Å². The zero-order valence-corrected chi connectivity index (χ0v) is 13.9. The van der Waals surface area contributed by atoms with Crippen LogP contribution in [0.2, 0.25) is 0 Å². The van der Waals surface area contributed by atoms with E-state index in [0.717, 1.165) is 19.4 Å². The van der Waals surface area contributed by atoms with Crippen molar-refractivity contribution in [2.75, 3.05) is 33.7 Å². The predicted molar refractivity (Wildman–Crippen MR) is 82.1 cm³/mol. The summed E-state index contributed by atoms with van der Waals surface area (Å²) in [6.07, 6.45) is 2.22. The number of rotatable bonds is 5. The van der Waals surface area contributed by atoms with E-state index in [1.807, 2.05) is 20.8 Å². The first kappa shape index (κ1) is 17.8. The molecule has 1 rings (SSSR count). The highest BCUT2D eigenvalue weighted by molar-refractivity contribution is 5.75. The van der Waals surface area contributed by atoms with Crippen LogP contribution in [0.5, 0.6) is 0 Å². The summed E-state index contributed by atoms with van der Waals surface area (Å²) < 4.78 is 5.43. The molecule has 0 saturated carbocycles. The highest BCUT2D eigenvalue weighted by Crippen LogP contribution is 2.20. The lowest BCUT2D eigenvalue weighted by Crippen LogP contribution is -2.44. The van der Waals surface area contributed by atoms with Crippen LogP contribution in [0.3, 0.4) is 0 Å². The fraction of sp³-hybridized carbons (Fsp3) is 0.867. The third kappa shape index (κ3) is 6.33. The van der Waals surface area contributed by atoms with Gasteiger partial charge in [-0.25, -0.2) is 4.79 Å². The maximum atomic E-state index is 12.1. The molecule has 0 bridgehead atoms. The molecule has 1 N–H and O–H groups in total. The summed E-state index contributed by atoms with van der Waals surface area (Å²) in [6, 6.07) is 0.161. The van der Waals surface area contributed by atoms with E-state index in [1.165, 1.54) is 0 Å². The van der Waals surface area contributed by atoms with Crippen molar-refractivity contribution in [3.05, 3.63) is 0 Å². The van der Waals surface area contributed by atoms with Gasteiger partial charge in [0.15, 0.2) is 0 Å². The summed E-state index contributed by atoms with van der Waals surface area (Å²) in [7, 11) is 3.51. The quantitative estimate of drug-likeness (QED) is 0.781. The lowest BCUT2D eigenvalue weighted by molar-refractivity contribution is -0.128. The fourth-order valence-electron chi connectivity index (χ4n) is 2.30. The van der Waals surface area contributed by atoms with E-state index in [-0.39, 0.29) is 18.0 Å². The number of amides is 2. The molecule has 1 unspecified atom stereocenters. The molecule has 1 saturated heterocycles. The zero-order chi connectivity index (χ0) is 16.0. The highest BCUT2D eigenvalue weighted by atomic mass is 16.6. The normalized spacial score (nSPS) is 18.7. The number of nitrogens with one attached hydrogen (secondary N) is 1. The Bertz CT molecular complexity index is 364. The first-order chi connectivity index (χ1) is 9.70. The summed E-state index contributed by atoms with van der Waals surface area (Å²) >= 11 is 0. The second kappa shape index (κ2) is 7.64. The molecule has 0 aromatic heterocycles. The molecule has 6 heteroatoms. The number of hydrogen-bond donors (Lipinski definition) is 1. The van der Waals surface area contributed by atoms with Crippen LogP contribution in [-0.4, -0.2) is 67.2 Å². The lowest BCUT2D eigenvalue weighted by atomic mass is 10.2. The van der Waals surface area contributed by atoms with Gasteiger partial charge in [0.1, 0.15) is 5.60 Å². The molecule has 1 heterocycles. The van der Waals surface area contributed by atoms with E-state index >= 15 is 0 Å². The van der Waals surface area contributed by atoms with Gasteiger partial charge in [0.2, 0.25) is 5.91 Å². The third-order valence-corrected chi connectivity index (χ3v) is 3.40. The smallest absolute Gasteiger partial charge is 0.410 e. The number of likely N-dealkylation sites (tertiary alicyclic amines) is 1. The maximum absolute atomic E-state index is 12.1. The Balaban J connectivity index is 2.34. The largest absolute Gasteiger partial charge is 0.444 e. The van der Waals surface area contributed by atoms with Crippen LogP contribution < -0.4 is 5.32 Å². The molecule has 21 heavy (non-hydrogen) atoms. The Kier molecular flexibility index (Phi) is 6.45. The van der Waals surface area contributed by atoms with Gasteiger partial charge in [-0.2, -0.15) is 0 Å². The van der Waals surface area contributed by atoms with Crippen LogP contribution in [-0.2, 0) is 9.53 Å². The molecule has 122 valence electrons. The number of carbonyl (C=O) groups is 2. The summed E-state index contributed by atoms with van der Waals surface area (Å²) in [4.78, 5) is 27.0. The molecule has 2 amide bonds. The van der Waals surface area contributed by atoms with Gasteiger partial charge < -0.3 is 19.9 Å². The van der Waals surface area contributed by atoms with E-state index < -0.39 is 5.60 Å². The molecule has 1 aliphatic rings. The minimum atomic E-state index is -0.463. The number of carbonyl (C=O) groups excluding carboxylic acids is 2. The minimum absolute atomic E-state index is 0.109. The molecule has 1 aliphatic heterocycles. The van der Waals surface area contributed by atoms with E-state index in [2.05, 4.69) is 5.32 Å². The molecular formula is C15H29N3O3. The van der Waals surface area contributed by atoms with Crippen molar-refractivity contribution in [1.29, 1.82) is 0 Å². The Hall–Kier alpha value is -1.30. The molecule has 0 aromatic carbocycles. The predicted octanol–water partition coefficient (Wildman–Crippen LogP) is 1.45. The number of ether oxygens (including phenoxy) is 1. The van der Waals surface area contributed by atoms with Crippen LogP contribution >= 0.6 is 0 Å². The van der Waals surface area contributed by atoms with Crippen LogP contribution in [0.1, 0.15) is 40.0 Å². The van der Waals surface area contributed by atoms with E-state index in [4.69, 9.17) is 4.74 Å². The van der Waals surface area contributed by atoms with Crippen molar-refractivity contribution in [3.8, 4) is 0 Å². The molecule has 0 aromatic rings. The van der Waals surface area contributed by atoms with Crippen LogP contribution in [0, 0.1) is 0 Å². The minimum Gasteiger partial charge on any atom is -0.444 e. The van der Waals surface area contributed by atoms with Gasteiger partial charge in [-0.15, -0.1) is 0 Å². The molecule has 6 nitrogen and oxygen atoms in total.